The molecule has 18 heavy (non-hydrogen) atoms. The first-order valence-corrected chi connectivity index (χ1v) is 6.67. The van der Waals surface area contributed by atoms with Crippen LogP contribution in [0.15, 0.2) is 58.8 Å². The highest BCUT2D eigenvalue weighted by molar-refractivity contribution is 7.90. The SMILES string of the molecule is C/C(=N\O)c1ccn(S(=O)(=O)c2ccccc2)c1. The van der Waals surface area contributed by atoms with Crippen molar-refractivity contribution in [2.45, 2.75) is 11.8 Å². The molecule has 1 N–H and O–H groups in total. The molecular weight excluding hydrogens is 252 g/mol. The van der Waals surface area contributed by atoms with E-state index in [0.29, 0.717) is 11.3 Å². The lowest BCUT2D eigenvalue weighted by Crippen LogP contribution is -2.10. The van der Waals surface area contributed by atoms with Crippen LogP contribution < -0.4 is 0 Å². The Morgan fingerprint density at radius 3 is 2.50 bits per heavy atom. The third kappa shape index (κ3) is 2.14. The summed E-state index contributed by atoms with van der Waals surface area (Å²) in [5, 5.41) is 11.7. The Morgan fingerprint density at radius 1 is 1.22 bits per heavy atom. The van der Waals surface area contributed by atoms with Gasteiger partial charge in [0.2, 0.25) is 0 Å². The topological polar surface area (TPSA) is 71.7 Å². The second-order valence-corrected chi connectivity index (χ2v) is 5.58. The van der Waals surface area contributed by atoms with E-state index >= 15 is 0 Å². The van der Waals surface area contributed by atoms with Crippen LogP contribution in [0.3, 0.4) is 0 Å². The van der Waals surface area contributed by atoms with Gasteiger partial charge in [-0.3, -0.25) is 0 Å². The fourth-order valence-corrected chi connectivity index (χ4v) is 2.73. The lowest BCUT2D eigenvalue weighted by atomic mass is 10.2. The van der Waals surface area contributed by atoms with E-state index in [1.807, 2.05) is 0 Å². The molecule has 1 heterocycles. The maximum atomic E-state index is 12.2. The molecule has 0 aliphatic heterocycles. The predicted octanol–water partition coefficient (Wildman–Crippen LogP) is 1.92. The molecule has 5 nitrogen and oxygen atoms in total. The van der Waals surface area contributed by atoms with Gasteiger partial charge in [-0.1, -0.05) is 23.4 Å². The average Bonchev–Trinajstić information content (AvgIpc) is 2.89. The van der Waals surface area contributed by atoms with Gasteiger partial charge in [0.15, 0.2) is 0 Å². The van der Waals surface area contributed by atoms with Gasteiger partial charge in [0.25, 0.3) is 10.0 Å². The maximum absolute atomic E-state index is 12.2. The van der Waals surface area contributed by atoms with Crippen LogP contribution in [0.25, 0.3) is 0 Å². The molecule has 0 aliphatic rings. The number of hydrogen-bond donors (Lipinski definition) is 1. The van der Waals surface area contributed by atoms with Gasteiger partial charge in [0.1, 0.15) is 0 Å². The fourth-order valence-electron chi connectivity index (χ4n) is 1.51. The van der Waals surface area contributed by atoms with Gasteiger partial charge in [-0.15, -0.1) is 0 Å². The summed E-state index contributed by atoms with van der Waals surface area (Å²) in [6, 6.07) is 9.72. The number of hydrogen-bond acceptors (Lipinski definition) is 4. The normalized spacial score (nSPS) is 12.6. The minimum absolute atomic E-state index is 0.214. The van der Waals surface area contributed by atoms with Gasteiger partial charge in [-0.25, -0.2) is 12.4 Å². The summed E-state index contributed by atoms with van der Waals surface area (Å²) in [5.74, 6) is 0. The molecule has 0 saturated heterocycles. The summed E-state index contributed by atoms with van der Waals surface area (Å²) in [6.45, 7) is 1.59. The van der Waals surface area contributed by atoms with Gasteiger partial charge in [-0.2, -0.15) is 0 Å². The summed E-state index contributed by atoms with van der Waals surface area (Å²) in [5.41, 5.74) is 0.911. The van der Waals surface area contributed by atoms with Crippen LogP contribution in [0.5, 0.6) is 0 Å². The number of benzene rings is 1. The summed E-state index contributed by atoms with van der Waals surface area (Å²) in [7, 11) is -3.58. The number of aromatic nitrogens is 1. The molecule has 0 saturated carbocycles. The molecule has 0 amide bonds. The van der Waals surface area contributed by atoms with Gasteiger partial charge in [0, 0.05) is 18.0 Å². The van der Waals surface area contributed by atoms with Crippen molar-refractivity contribution < 1.29 is 13.6 Å². The molecule has 0 atom stereocenters. The van der Waals surface area contributed by atoms with Crippen LogP contribution >= 0.6 is 0 Å². The van der Waals surface area contributed by atoms with E-state index in [2.05, 4.69) is 5.16 Å². The Bertz CT molecular complexity index is 672. The molecule has 0 spiro atoms. The average molecular weight is 264 g/mol. The van der Waals surface area contributed by atoms with Gasteiger partial charge in [0.05, 0.1) is 10.6 Å². The highest BCUT2D eigenvalue weighted by Gasteiger charge is 2.16. The number of oxime groups is 1. The Balaban J connectivity index is 2.47. The van der Waals surface area contributed by atoms with E-state index in [4.69, 9.17) is 5.21 Å². The lowest BCUT2D eigenvalue weighted by Gasteiger charge is -2.04. The Morgan fingerprint density at radius 2 is 1.89 bits per heavy atom. The highest BCUT2D eigenvalue weighted by atomic mass is 32.2. The minimum atomic E-state index is -3.58. The van der Waals surface area contributed by atoms with E-state index in [-0.39, 0.29) is 4.90 Å². The van der Waals surface area contributed by atoms with E-state index < -0.39 is 10.0 Å². The van der Waals surface area contributed by atoms with Crippen molar-refractivity contribution >= 4 is 15.7 Å². The van der Waals surface area contributed by atoms with Gasteiger partial charge >= 0.3 is 0 Å². The molecule has 1 aromatic heterocycles. The summed E-state index contributed by atoms with van der Waals surface area (Å²) < 4.78 is 25.5. The zero-order valence-corrected chi connectivity index (χ0v) is 10.5. The van der Waals surface area contributed by atoms with Crippen LogP contribution in [-0.4, -0.2) is 23.3 Å². The van der Waals surface area contributed by atoms with Crippen LogP contribution in [0, 0.1) is 0 Å². The zero-order chi connectivity index (χ0) is 13.2. The largest absolute Gasteiger partial charge is 0.411 e. The van der Waals surface area contributed by atoms with Crippen molar-refractivity contribution in [3.8, 4) is 0 Å². The third-order valence-corrected chi connectivity index (χ3v) is 4.20. The summed E-state index contributed by atoms with van der Waals surface area (Å²) in [4.78, 5) is 0.214. The fraction of sp³-hybridized carbons (Fsp3) is 0.0833. The molecule has 0 fully saturated rings. The molecule has 0 radical (unpaired) electrons. The van der Waals surface area contributed by atoms with E-state index in [1.165, 1.54) is 24.5 Å². The Labute approximate surface area is 105 Å². The molecule has 0 bridgehead atoms. The van der Waals surface area contributed by atoms with Gasteiger partial charge < -0.3 is 5.21 Å². The molecule has 2 rings (SSSR count). The zero-order valence-electron chi connectivity index (χ0n) is 9.69. The minimum Gasteiger partial charge on any atom is -0.411 e. The van der Waals surface area contributed by atoms with E-state index in [1.54, 1.807) is 31.2 Å². The van der Waals surface area contributed by atoms with Crippen molar-refractivity contribution in [2.75, 3.05) is 0 Å². The molecule has 2 aromatic rings. The van der Waals surface area contributed by atoms with E-state index in [9.17, 15) is 8.42 Å². The molecule has 1 aromatic carbocycles. The number of nitrogens with zero attached hydrogens (tertiary/aromatic N) is 2. The van der Waals surface area contributed by atoms with Crippen LogP contribution in [0.2, 0.25) is 0 Å². The monoisotopic (exact) mass is 264 g/mol. The Hall–Kier alpha value is -2.08. The van der Waals surface area contributed by atoms with Crippen molar-refractivity contribution in [3.63, 3.8) is 0 Å². The van der Waals surface area contributed by atoms with Crippen LogP contribution in [0.4, 0.5) is 0 Å². The van der Waals surface area contributed by atoms with Crippen LogP contribution in [0.1, 0.15) is 12.5 Å². The smallest absolute Gasteiger partial charge is 0.267 e. The number of rotatable bonds is 3. The second kappa shape index (κ2) is 4.66. The van der Waals surface area contributed by atoms with Crippen molar-refractivity contribution in [2.24, 2.45) is 5.16 Å². The first kappa shape index (κ1) is 12.4. The molecular formula is C12H12N2O3S. The van der Waals surface area contributed by atoms with Crippen LogP contribution in [-0.2, 0) is 10.0 Å². The summed E-state index contributed by atoms with van der Waals surface area (Å²) >= 11 is 0. The quantitative estimate of drug-likeness (QED) is 0.523. The molecule has 6 heteroatoms. The van der Waals surface area contributed by atoms with E-state index in [0.717, 1.165) is 3.97 Å². The third-order valence-electron chi connectivity index (χ3n) is 2.55. The maximum Gasteiger partial charge on any atom is 0.267 e. The van der Waals surface area contributed by atoms with Crippen molar-refractivity contribution in [3.05, 3.63) is 54.4 Å². The van der Waals surface area contributed by atoms with Crippen molar-refractivity contribution in [1.82, 2.24) is 3.97 Å². The first-order valence-electron chi connectivity index (χ1n) is 5.23. The highest BCUT2D eigenvalue weighted by Crippen LogP contribution is 2.15. The van der Waals surface area contributed by atoms with Gasteiger partial charge in [-0.05, 0) is 25.1 Å². The molecule has 0 unspecified atom stereocenters. The summed E-state index contributed by atoms with van der Waals surface area (Å²) in [6.07, 6.45) is 2.84. The second-order valence-electron chi connectivity index (χ2n) is 3.73. The predicted molar refractivity (Wildman–Crippen MR) is 67.5 cm³/mol. The molecule has 94 valence electrons. The standard InChI is InChI=1S/C12H12N2O3S/c1-10(13-15)11-7-8-14(9-11)18(16,17)12-5-3-2-4-6-12/h2-9,15H,1H3/b13-10+. The van der Waals surface area contributed by atoms with Crippen molar-refractivity contribution in [1.29, 1.82) is 0 Å². The Kier molecular flexibility index (Phi) is 3.20. The first-order chi connectivity index (χ1) is 8.55. The molecule has 0 aliphatic carbocycles. The lowest BCUT2D eigenvalue weighted by molar-refractivity contribution is 0.319.